The molecule has 0 saturated heterocycles. The number of fused-ring (bicyclic) bond motifs is 1. The van der Waals surface area contributed by atoms with Crippen molar-refractivity contribution in [2.75, 3.05) is 7.11 Å². The lowest BCUT2D eigenvalue weighted by Gasteiger charge is -2.21. The first-order valence-electron chi connectivity index (χ1n) is 9.25. The maximum absolute atomic E-state index is 12.6. The van der Waals surface area contributed by atoms with Gasteiger partial charge in [0.05, 0.1) is 30.2 Å². The van der Waals surface area contributed by atoms with Crippen molar-refractivity contribution in [1.82, 2.24) is 14.9 Å². The van der Waals surface area contributed by atoms with Crippen molar-refractivity contribution in [3.8, 4) is 5.75 Å². The van der Waals surface area contributed by atoms with E-state index in [0.717, 1.165) is 4.57 Å². The van der Waals surface area contributed by atoms with Crippen molar-refractivity contribution in [3.63, 3.8) is 0 Å². The summed E-state index contributed by atoms with van der Waals surface area (Å²) < 4.78 is 6.19. The number of aromatic amines is 1. The van der Waals surface area contributed by atoms with Crippen molar-refractivity contribution in [2.45, 2.75) is 32.5 Å². The van der Waals surface area contributed by atoms with E-state index in [4.69, 9.17) is 4.74 Å². The molecule has 1 heterocycles. The highest BCUT2D eigenvalue weighted by atomic mass is 16.5. The van der Waals surface area contributed by atoms with Crippen LogP contribution >= 0.6 is 0 Å². The molecular formula is C21H23N3O5. The Labute approximate surface area is 166 Å². The smallest absolute Gasteiger partial charge is 0.328 e. The Hall–Kier alpha value is -3.39. The number of H-pyrrole nitrogens is 1. The standard InChI is InChI=1S/C21H23N3O5/c1-4-24-20(27)16-10-7-14(11-17(16)23-21(24)28)19(26)22-12(2)18(25)13-5-8-15(29-3)9-6-13/h5-12,18,25H,4H2,1-3H3,(H,22,26)(H,23,28). The van der Waals surface area contributed by atoms with Crippen LogP contribution in [0.2, 0.25) is 0 Å². The summed E-state index contributed by atoms with van der Waals surface area (Å²) in [6.45, 7) is 3.66. The lowest BCUT2D eigenvalue weighted by molar-refractivity contribution is 0.0852. The largest absolute Gasteiger partial charge is 0.497 e. The Bertz CT molecular complexity index is 1150. The fourth-order valence-electron chi connectivity index (χ4n) is 3.14. The number of aliphatic hydroxyl groups is 1. The molecule has 2 unspecified atom stereocenters. The van der Waals surface area contributed by atoms with Gasteiger partial charge in [-0.2, -0.15) is 0 Å². The van der Waals surface area contributed by atoms with Gasteiger partial charge < -0.3 is 20.1 Å². The molecule has 0 aliphatic carbocycles. The fraction of sp³-hybridized carbons (Fsp3) is 0.286. The fourth-order valence-corrected chi connectivity index (χ4v) is 3.14. The van der Waals surface area contributed by atoms with Gasteiger partial charge in [-0.15, -0.1) is 0 Å². The SMILES string of the molecule is CCn1c(=O)[nH]c2cc(C(=O)NC(C)C(O)c3ccc(OC)cc3)ccc2c1=O. The maximum Gasteiger partial charge on any atom is 0.328 e. The number of aliphatic hydroxyl groups excluding tert-OH is 1. The number of benzene rings is 2. The molecular weight excluding hydrogens is 374 g/mol. The summed E-state index contributed by atoms with van der Waals surface area (Å²) in [5.74, 6) is 0.248. The van der Waals surface area contributed by atoms with Crippen molar-refractivity contribution in [2.24, 2.45) is 0 Å². The summed E-state index contributed by atoms with van der Waals surface area (Å²) in [5.41, 5.74) is 0.283. The average Bonchev–Trinajstić information content (AvgIpc) is 2.73. The topological polar surface area (TPSA) is 113 Å². The van der Waals surface area contributed by atoms with Crippen LogP contribution in [-0.4, -0.2) is 33.7 Å². The van der Waals surface area contributed by atoms with Gasteiger partial charge in [-0.05, 0) is 49.7 Å². The molecule has 29 heavy (non-hydrogen) atoms. The molecule has 0 fully saturated rings. The summed E-state index contributed by atoms with van der Waals surface area (Å²) in [5, 5.41) is 13.6. The zero-order chi connectivity index (χ0) is 21.1. The first-order valence-corrected chi connectivity index (χ1v) is 9.25. The minimum Gasteiger partial charge on any atom is -0.497 e. The van der Waals surface area contributed by atoms with Crippen LogP contribution in [0.3, 0.4) is 0 Å². The molecule has 8 nitrogen and oxygen atoms in total. The van der Waals surface area contributed by atoms with Gasteiger partial charge in [0.2, 0.25) is 0 Å². The van der Waals surface area contributed by atoms with Crippen molar-refractivity contribution >= 4 is 16.8 Å². The summed E-state index contributed by atoms with van der Waals surface area (Å²) >= 11 is 0. The molecule has 0 saturated carbocycles. The number of carbonyl (C=O) groups excluding carboxylic acids is 1. The second-order valence-electron chi connectivity index (χ2n) is 6.72. The number of hydrogen-bond acceptors (Lipinski definition) is 5. The van der Waals surface area contributed by atoms with E-state index in [1.165, 1.54) is 18.2 Å². The minimum atomic E-state index is -0.915. The summed E-state index contributed by atoms with van der Waals surface area (Å²) in [6, 6.07) is 10.8. The summed E-state index contributed by atoms with van der Waals surface area (Å²) in [6.07, 6.45) is -0.915. The number of carbonyl (C=O) groups is 1. The van der Waals surface area contributed by atoms with E-state index in [1.807, 2.05) is 0 Å². The minimum absolute atomic E-state index is 0.257. The first kappa shape index (κ1) is 20.3. The zero-order valence-electron chi connectivity index (χ0n) is 16.4. The van der Waals surface area contributed by atoms with E-state index in [-0.39, 0.29) is 12.1 Å². The molecule has 152 valence electrons. The number of aromatic nitrogens is 2. The molecule has 1 amide bonds. The van der Waals surface area contributed by atoms with Crippen molar-refractivity contribution < 1.29 is 14.6 Å². The highest BCUT2D eigenvalue weighted by molar-refractivity contribution is 5.97. The number of nitrogens with one attached hydrogen (secondary N) is 2. The lowest BCUT2D eigenvalue weighted by Crippen LogP contribution is -2.37. The average molecular weight is 397 g/mol. The number of amides is 1. The third kappa shape index (κ3) is 4.07. The van der Waals surface area contributed by atoms with Crippen LogP contribution < -0.4 is 21.3 Å². The predicted octanol–water partition coefficient (Wildman–Crippen LogP) is 1.57. The molecule has 3 aromatic rings. The molecule has 3 N–H and O–H groups in total. The van der Waals surface area contributed by atoms with Gasteiger partial charge in [-0.1, -0.05) is 12.1 Å². The van der Waals surface area contributed by atoms with Gasteiger partial charge >= 0.3 is 5.69 Å². The molecule has 0 bridgehead atoms. The summed E-state index contributed by atoms with van der Waals surface area (Å²) in [7, 11) is 1.56. The van der Waals surface area contributed by atoms with E-state index in [2.05, 4.69) is 10.3 Å². The van der Waals surface area contributed by atoms with Gasteiger partial charge in [-0.3, -0.25) is 14.2 Å². The van der Waals surface area contributed by atoms with E-state index in [0.29, 0.717) is 22.2 Å². The van der Waals surface area contributed by atoms with Crippen LogP contribution in [0.4, 0.5) is 0 Å². The third-order valence-corrected chi connectivity index (χ3v) is 4.85. The zero-order valence-corrected chi connectivity index (χ0v) is 16.4. The van der Waals surface area contributed by atoms with Gasteiger partial charge in [0, 0.05) is 12.1 Å². The second-order valence-corrected chi connectivity index (χ2v) is 6.72. The van der Waals surface area contributed by atoms with Crippen molar-refractivity contribution in [1.29, 1.82) is 0 Å². The summed E-state index contributed by atoms with van der Waals surface area (Å²) in [4.78, 5) is 39.6. The van der Waals surface area contributed by atoms with Gasteiger partial charge in [0.15, 0.2) is 0 Å². The quantitative estimate of drug-likeness (QED) is 0.584. The second kappa shape index (κ2) is 8.32. The number of ether oxygens (including phenoxy) is 1. The number of hydrogen-bond donors (Lipinski definition) is 3. The molecule has 0 aliphatic heterocycles. The molecule has 0 spiro atoms. The molecule has 2 aromatic carbocycles. The Morgan fingerprint density at radius 1 is 1.21 bits per heavy atom. The van der Waals surface area contributed by atoms with Crippen LogP contribution in [0, 0.1) is 0 Å². The van der Waals surface area contributed by atoms with Crippen LogP contribution in [0.15, 0.2) is 52.1 Å². The van der Waals surface area contributed by atoms with E-state index in [1.54, 1.807) is 45.2 Å². The Morgan fingerprint density at radius 2 is 1.90 bits per heavy atom. The van der Waals surface area contributed by atoms with Gasteiger partial charge in [0.1, 0.15) is 5.75 Å². The Kier molecular flexibility index (Phi) is 5.84. The number of nitrogens with zero attached hydrogens (tertiary/aromatic N) is 1. The number of methoxy groups -OCH3 is 1. The Balaban J connectivity index is 1.81. The van der Waals surface area contributed by atoms with Gasteiger partial charge in [0.25, 0.3) is 11.5 Å². The van der Waals surface area contributed by atoms with E-state index < -0.39 is 29.3 Å². The van der Waals surface area contributed by atoms with Crippen molar-refractivity contribution in [3.05, 3.63) is 74.4 Å². The molecule has 2 atom stereocenters. The highest BCUT2D eigenvalue weighted by Gasteiger charge is 2.20. The monoisotopic (exact) mass is 397 g/mol. The normalized spacial score (nSPS) is 13.1. The van der Waals surface area contributed by atoms with E-state index >= 15 is 0 Å². The molecule has 8 heteroatoms. The molecule has 3 rings (SSSR count). The molecule has 1 aromatic heterocycles. The van der Waals surface area contributed by atoms with E-state index in [9.17, 15) is 19.5 Å². The van der Waals surface area contributed by atoms with Crippen LogP contribution in [0.5, 0.6) is 5.75 Å². The van der Waals surface area contributed by atoms with Crippen LogP contribution in [0.1, 0.15) is 35.9 Å². The maximum atomic E-state index is 12.6. The highest BCUT2D eigenvalue weighted by Crippen LogP contribution is 2.20. The predicted molar refractivity (Wildman–Crippen MR) is 109 cm³/mol. The van der Waals surface area contributed by atoms with Crippen LogP contribution in [0.25, 0.3) is 10.9 Å². The first-order chi connectivity index (χ1) is 13.8. The van der Waals surface area contributed by atoms with Crippen LogP contribution in [-0.2, 0) is 6.54 Å². The lowest BCUT2D eigenvalue weighted by atomic mass is 10.0. The molecule has 0 radical (unpaired) electrons. The Morgan fingerprint density at radius 3 is 2.52 bits per heavy atom. The third-order valence-electron chi connectivity index (χ3n) is 4.85. The number of rotatable bonds is 6. The van der Waals surface area contributed by atoms with Gasteiger partial charge in [-0.25, -0.2) is 4.79 Å². The molecule has 0 aliphatic rings.